The molecule has 1 aliphatic heterocycles. The van der Waals surface area contributed by atoms with Crippen LogP contribution in [0, 0.1) is 0 Å². The lowest BCUT2D eigenvalue weighted by molar-refractivity contribution is -0.138. The molecule has 1 heterocycles. The van der Waals surface area contributed by atoms with Gasteiger partial charge in [0.2, 0.25) is 5.91 Å². The minimum Gasteiger partial charge on any atom is -0.480 e. The second-order valence-corrected chi connectivity index (χ2v) is 11.5. The zero-order valence-corrected chi connectivity index (χ0v) is 23.2. The van der Waals surface area contributed by atoms with Gasteiger partial charge >= 0.3 is 12.1 Å². The van der Waals surface area contributed by atoms with E-state index in [4.69, 9.17) is 4.74 Å². The molecule has 9 heteroatoms. The molecule has 208 valence electrons. The van der Waals surface area contributed by atoms with Crippen LogP contribution in [-0.2, 0) is 20.9 Å². The maximum absolute atomic E-state index is 13.6. The molecule has 2 unspecified atom stereocenters. The number of fused-ring (bicyclic) bond motifs is 3. The highest BCUT2D eigenvalue weighted by Gasteiger charge is 2.34. The number of nitrogens with zero attached hydrogens (tertiary/aromatic N) is 2. The van der Waals surface area contributed by atoms with Crippen molar-refractivity contribution in [1.29, 1.82) is 0 Å². The highest BCUT2D eigenvalue weighted by atomic mass is 32.2. The third-order valence-corrected chi connectivity index (χ3v) is 8.55. The van der Waals surface area contributed by atoms with E-state index in [0.717, 1.165) is 27.8 Å². The normalized spacial score (nSPS) is 17.1. The van der Waals surface area contributed by atoms with Crippen molar-refractivity contribution < 1.29 is 24.2 Å². The minimum atomic E-state index is -0.940. The molecule has 40 heavy (non-hydrogen) atoms. The summed E-state index contributed by atoms with van der Waals surface area (Å²) in [4.78, 5) is 41.8. The molecule has 1 fully saturated rings. The number of hydrogen-bond acceptors (Lipinski definition) is 6. The number of likely N-dealkylation sites (N-methyl/N-ethyl adjacent to an activating group) is 1. The van der Waals surface area contributed by atoms with Crippen LogP contribution in [0.4, 0.5) is 4.79 Å². The smallest absolute Gasteiger partial charge is 0.407 e. The van der Waals surface area contributed by atoms with Gasteiger partial charge in [-0.3, -0.25) is 14.5 Å². The Balaban J connectivity index is 1.28. The summed E-state index contributed by atoms with van der Waals surface area (Å²) < 4.78 is 5.73. The Kier molecular flexibility index (Phi) is 8.72. The highest BCUT2D eigenvalue weighted by Crippen LogP contribution is 2.44. The molecule has 5 rings (SSSR count). The van der Waals surface area contributed by atoms with Crippen LogP contribution < -0.4 is 5.32 Å². The van der Waals surface area contributed by atoms with Crippen LogP contribution in [0.15, 0.2) is 78.9 Å². The SMILES string of the molecule is CN(Cc1ccccc1)CC(NC(=O)OCC1c2ccccc2-c2ccccc21)C(=O)N1CCSC(C(=O)O)C1. The number of thioether (sulfide) groups is 1. The minimum absolute atomic E-state index is 0.0940. The Bertz CT molecular complexity index is 1320. The maximum atomic E-state index is 13.6. The van der Waals surface area contributed by atoms with Gasteiger partial charge < -0.3 is 20.1 Å². The number of carboxylic acids is 1. The van der Waals surface area contributed by atoms with Gasteiger partial charge in [0.15, 0.2) is 0 Å². The highest BCUT2D eigenvalue weighted by molar-refractivity contribution is 8.00. The first-order valence-electron chi connectivity index (χ1n) is 13.4. The van der Waals surface area contributed by atoms with Gasteiger partial charge in [0.25, 0.3) is 0 Å². The summed E-state index contributed by atoms with van der Waals surface area (Å²) in [7, 11) is 1.89. The first-order valence-corrected chi connectivity index (χ1v) is 14.4. The van der Waals surface area contributed by atoms with Crippen molar-refractivity contribution in [2.24, 2.45) is 0 Å². The number of carbonyl (C=O) groups is 3. The van der Waals surface area contributed by atoms with E-state index in [1.165, 1.54) is 11.8 Å². The Hall–Kier alpha value is -3.82. The van der Waals surface area contributed by atoms with Crippen molar-refractivity contribution >= 4 is 29.7 Å². The van der Waals surface area contributed by atoms with Gasteiger partial charge in [-0.2, -0.15) is 0 Å². The monoisotopic (exact) mass is 559 g/mol. The fourth-order valence-corrected chi connectivity index (χ4v) is 6.50. The predicted octanol–water partition coefficient (Wildman–Crippen LogP) is 4.05. The van der Waals surface area contributed by atoms with Crippen LogP contribution in [-0.4, -0.2) is 83.2 Å². The van der Waals surface area contributed by atoms with Crippen molar-refractivity contribution in [3.8, 4) is 11.1 Å². The summed E-state index contributed by atoms with van der Waals surface area (Å²) in [5.74, 6) is -0.812. The third-order valence-electron chi connectivity index (χ3n) is 7.38. The Morgan fingerprint density at radius 3 is 2.27 bits per heavy atom. The number of ether oxygens (including phenoxy) is 1. The van der Waals surface area contributed by atoms with Crippen molar-refractivity contribution in [2.75, 3.05) is 39.0 Å². The molecule has 1 aliphatic carbocycles. The number of carbonyl (C=O) groups excluding carboxylic acids is 2. The molecule has 2 atom stereocenters. The van der Waals surface area contributed by atoms with E-state index in [0.29, 0.717) is 18.8 Å². The van der Waals surface area contributed by atoms with Crippen LogP contribution in [0.25, 0.3) is 11.1 Å². The summed E-state index contributed by atoms with van der Waals surface area (Å²) in [6, 6.07) is 25.2. The molecule has 0 aromatic heterocycles. The van der Waals surface area contributed by atoms with Gasteiger partial charge in [-0.15, -0.1) is 11.8 Å². The number of nitrogens with one attached hydrogen (secondary N) is 1. The molecule has 3 aromatic rings. The molecule has 2 N–H and O–H groups in total. The Morgan fingerprint density at radius 2 is 1.62 bits per heavy atom. The molecule has 0 saturated carbocycles. The van der Waals surface area contributed by atoms with Crippen molar-refractivity contribution in [3.63, 3.8) is 0 Å². The summed E-state index contributed by atoms with van der Waals surface area (Å²) in [6.07, 6.45) is -0.672. The van der Waals surface area contributed by atoms with E-state index in [2.05, 4.69) is 29.6 Å². The van der Waals surface area contributed by atoms with Crippen LogP contribution in [0.5, 0.6) is 0 Å². The molecule has 1 saturated heterocycles. The van der Waals surface area contributed by atoms with E-state index in [1.54, 1.807) is 4.90 Å². The Labute approximate surface area is 238 Å². The second kappa shape index (κ2) is 12.6. The molecule has 0 radical (unpaired) electrons. The number of carboxylic acid groups (broad SMARTS) is 1. The fourth-order valence-electron chi connectivity index (χ4n) is 5.46. The van der Waals surface area contributed by atoms with E-state index in [1.807, 2.05) is 66.5 Å². The number of amides is 2. The van der Waals surface area contributed by atoms with Crippen LogP contribution >= 0.6 is 11.8 Å². The summed E-state index contributed by atoms with van der Waals surface area (Å²) >= 11 is 1.33. The third kappa shape index (κ3) is 6.32. The first kappa shape index (κ1) is 27.7. The Morgan fingerprint density at radius 1 is 1.00 bits per heavy atom. The second-order valence-electron chi connectivity index (χ2n) is 10.2. The lowest BCUT2D eigenvalue weighted by Gasteiger charge is -2.34. The molecule has 8 nitrogen and oxygen atoms in total. The largest absolute Gasteiger partial charge is 0.480 e. The van der Waals surface area contributed by atoms with Gasteiger partial charge in [-0.1, -0.05) is 78.9 Å². The van der Waals surface area contributed by atoms with E-state index in [-0.39, 0.29) is 31.5 Å². The standard InChI is InChI=1S/C31H33N3O5S/c1-33(17-21-9-3-2-4-10-21)18-27(29(35)34-15-16-40-28(19-34)30(36)37)32-31(38)39-20-26-24-13-7-5-11-22(24)23-12-6-8-14-25(23)26/h2-14,26-28H,15-20H2,1H3,(H,32,38)(H,36,37). The summed E-state index contributed by atoms with van der Waals surface area (Å²) in [6.45, 7) is 1.51. The molecular formula is C31H33N3O5S. The van der Waals surface area contributed by atoms with Gasteiger partial charge in [0.1, 0.15) is 17.9 Å². The number of rotatable bonds is 9. The van der Waals surface area contributed by atoms with Crippen LogP contribution in [0.2, 0.25) is 0 Å². The molecule has 2 aliphatic rings. The van der Waals surface area contributed by atoms with E-state index >= 15 is 0 Å². The van der Waals surface area contributed by atoms with Crippen LogP contribution in [0.1, 0.15) is 22.6 Å². The van der Waals surface area contributed by atoms with Gasteiger partial charge in [-0.25, -0.2) is 4.79 Å². The van der Waals surface area contributed by atoms with Gasteiger partial charge in [0, 0.05) is 37.8 Å². The molecule has 0 spiro atoms. The molecule has 2 amide bonds. The lowest BCUT2D eigenvalue weighted by atomic mass is 9.98. The van der Waals surface area contributed by atoms with Crippen molar-refractivity contribution in [2.45, 2.75) is 23.8 Å². The van der Waals surface area contributed by atoms with Crippen LogP contribution in [0.3, 0.4) is 0 Å². The topological polar surface area (TPSA) is 99.2 Å². The lowest BCUT2D eigenvalue weighted by Crippen LogP contribution is -2.56. The van der Waals surface area contributed by atoms with Gasteiger partial charge in [-0.05, 0) is 34.9 Å². The molecule has 3 aromatic carbocycles. The zero-order chi connectivity index (χ0) is 28.1. The number of hydrogen-bond donors (Lipinski definition) is 2. The van der Waals surface area contributed by atoms with Gasteiger partial charge in [0.05, 0.1) is 0 Å². The van der Waals surface area contributed by atoms with Crippen molar-refractivity contribution in [1.82, 2.24) is 15.1 Å². The molecule has 0 bridgehead atoms. The zero-order valence-electron chi connectivity index (χ0n) is 22.4. The maximum Gasteiger partial charge on any atom is 0.407 e. The number of benzene rings is 3. The fraction of sp³-hybridized carbons (Fsp3) is 0.323. The summed E-state index contributed by atoms with van der Waals surface area (Å²) in [5.41, 5.74) is 5.57. The first-order chi connectivity index (χ1) is 19.4. The predicted molar refractivity (Wildman–Crippen MR) is 155 cm³/mol. The number of alkyl carbamates (subject to hydrolysis) is 1. The molecular weight excluding hydrogens is 526 g/mol. The van der Waals surface area contributed by atoms with Crippen molar-refractivity contribution in [3.05, 3.63) is 95.6 Å². The summed E-state index contributed by atoms with van der Waals surface area (Å²) in [5, 5.41) is 11.6. The average molecular weight is 560 g/mol. The quantitative estimate of drug-likeness (QED) is 0.408. The number of aliphatic carboxylic acids is 1. The average Bonchev–Trinajstić information content (AvgIpc) is 3.29. The van der Waals surface area contributed by atoms with E-state index in [9.17, 15) is 19.5 Å². The van der Waals surface area contributed by atoms with E-state index < -0.39 is 23.4 Å².